The van der Waals surface area contributed by atoms with Crippen LogP contribution in [0.3, 0.4) is 0 Å². The van der Waals surface area contributed by atoms with Gasteiger partial charge in [-0.2, -0.15) is 0 Å². The van der Waals surface area contributed by atoms with Gasteiger partial charge in [0.15, 0.2) is 5.96 Å². The number of carbonyl (C=O) groups is 2. The van der Waals surface area contributed by atoms with Crippen molar-refractivity contribution in [3.05, 3.63) is 71.3 Å². The van der Waals surface area contributed by atoms with E-state index < -0.39 is 11.9 Å². The van der Waals surface area contributed by atoms with Gasteiger partial charge < -0.3 is 26.8 Å². The summed E-state index contributed by atoms with van der Waals surface area (Å²) in [6.45, 7) is 0. The normalized spacial score (nSPS) is 11.2. The standard InChI is InChI=1S/C23H24N6O3/c1-28-23(27)29(2)16-7-3-13(4-8-16)22(31)32-19-10-6-14-11-15(21(25)26)5-9-17(14)18(19)12-20(24)30/h3-11H,12H2,1-2H3,(H2,24,30)(H3,25,26)(H2,27,28). The first-order valence-corrected chi connectivity index (χ1v) is 9.67. The molecular weight excluding hydrogens is 408 g/mol. The Labute approximate surface area is 185 Å². The summed E-state index contributed by atoms with van der Waals surface area (Å²) in [4.78, 5) is 30.0. The average Bonchev–Trinajstić information content (AvgIpc) is 2.78. The fourth-order valence-electron chi connectivity index (χ4n) is 3.26. The lowest BCUT2D eigenvalue weighted by atomic mass is 9.98. The van der Waals surface area contributed by atoms with Crippen LogP contribution in [-0.2, 0) is 11.2 Å². The maximum absolute atomic E-state index is 12.8. The number of nitrogens with two attached hydrogens (primary N) is 3. The van der Waals surface area contributed by atoms with E-state index in [4.69, 9.17) is 27.3 Å². The molecule has 0 heterocycles. The van der Waals surface area contributed by atoms with Gasteiger partial charge in [0, 0.05) is 30.9 Å². The molecule has 164 valence electrons. The maximum Gasteiger partial charge on any atom is 0.343 e. The Morgan fingerprint density at radius 3 is 2.25 bits per heavy atom. The van der Waals surface area contributed by atoms with Crippen LogP contribution in [-0.4, -0.2) is 37.8 Å². The van der Waals surface area contributed by atoms with Crippen LogP contribution in [0.1, 0.15) is 21.5 Å². The summed E-state index contributed by atoms with van der Waals surface area (Å²) in [5.41, 5.74) is 18.9. The summed E-state index contributed by atoms with van der Waals surface area (Å²) < 4.78 is 5.61. The van der Waals surface area contributed by atoms with E-state index in [1.54, 1.807) is 73.6 Å². The van der Waals surface area contributed by atoms with Crippen molar-refractivity contribution in [2.75, 3.05) is 19.0 Å². The number of nitrogen functional groups attached to an aromatic ring is 1. The predicted molar refractivity (Wildman–Crippen MR) is 125 cm³/mol. The second-order valence-electron chi connectivity index (χ2n) is 7.11. The number of rotatable bonds is 6. The first-order chi connectivity index (χ1) is 15.2. The van der Waals surface area contributed by atoms with E-state index in [2.05, 4.69) is 4.99 Å². The van der Waals surface area contributed by atoms with Crippen LogP contribution in [0.5, 0.6) is 5.75 Å². The summed E-state index contributed by atoms with van der Waals surface area (Å²) >= 11 is 0. The molecule has 0 unspecified atom stereocenters. The van der Waals surface area contributed by atoms with E-state index >= 15 is 0 Å². The monoisotopic (exact) mass is 432 g/mol. The molecule has 0 saturated heterocycles. The molecule has 0 atom stereocenters. The molecule has 3 aromatic carbocycles. The number of hydrogen-bond donors (Lipinski definition) is 4. The summed E-state index contributed by atoms with van der Waals surface area (Å²) in [5.74, 6) is -0.643. The highest BCUT2D eigenvalue weighted by Gasteiger charge is 2.17. The molecule has 1 amide bonds. The molecule has 32 heavy (non-hydrogen) atoms. The van der Waals surface area contributed by atoms with E-state index in [1.165, 1.54) is 0 Å². The molecule has 9 nitrogen and oxygen atoms in total. The molecule has 0 saturated carbocycles. The zero-order valence-electron chi connectivity index (χ0n) is 17.8. The smallest absolute Gasteiger partial charge is 0.343 e. The average molecular weight is 432 g/mol. The zero-order chi connectivity index (χ0) is 23.4. The lowest BCUT2D eigenvalue weighted by molar-refractivity contribution is -0.117. The Morgan fingerprint density at radius 1 is 1.00 bits per heavy atom. The number of fused-ring (bicyclic) bond motifs is 1. The molecule has 0 aromatic heterocycles. The minimum absolute atomic E-state index is 0.0695. The van der Waals surface area contributed by atoms with Gasteiger partial charge in [0.1, 0.15) is 11.6 Å². The molecule has 0 spiro atoms. The summed E-state index contributed by atoms with van der Waals surface area (Å²) in [5, 5.41) is 9.03. The fraction of sp³-hybridized carbons (Fsp3) is 0.130. The Balaban J connectivity index is 1.93. The van der Waals surface area contributed by atoms with E-state index in [0.717, 1.165) is 11.1 Å². The molecule has 3 aromatic rings. The fourth-order valence-corrected chi connectivity index (χ4v) is 3.26. The number of aliphatic imine (C=N–C) groups is 1. The number of esters is 1. The number of anilines is 1. The van der Waals surface area contributed by atoms with Crippen molar-refractivity contribution < 1.29 is 14.3 Å². The molecule has 0 radical (unpaired) electrons. The van der Waals surface area contributed by atoms with Gasteiger partial charge in [-0.15, -0.1) is 0 Å². The first-order valence-electron chi connectivity index (χ1n) is 9.67. The number of nitrogens with zero attached hydrogens (tertiary/aromatic N) is 2. The molecule has 0 aliphatic carbocycles. The van der Waals surface area contributed by atoms with E-state index in [1.807, 2.05) is 0 Å². The molecule has 0 fully saturated rings. The van der Waals surface area contributed by atoms with Gasteiger partial charge in [-0.05, 0) is 47.2 Å². The van der Waals surface area contributed by atoms with Crippen LogP contribution in [0.25, 0.3) is 10.8 Å². The molecule has 0 bridgehead atoms. The lowest BCUT2D eigenvalue weighted by Gasteiger charge is -2.18. The Hall–Kier alpha value is -4.40. The van der Waals surface area contributed by atoms with Crippen molar-refractivity contribution in [3.63, 3.8) is 0 Å². The number of amides is 1. The van der Waals surface area contributed by atoms with Crippen molar-refractivity contribution in [1.82, 2.24) is 0 Å². The van der Waals surface area contributed by atoms with E-state index in [9.17, 15) is 9.59 Å². The predicted octanol–water partition coefficient (Wildman–Crippen LogP) is 1.75. The van der Waals surface area contributed by atoms with Crippen LogP contribution < -0.4 is 26.8 Å². The minimum atomic E-state index is -0.582. The highest BCUT2D eigenvalue weighted by atomic mass is 16.5. The highest BCUT2D eigenvalue weighted by molar-refractivity contribution is 6.01. The van der Waals surface area contributed by atoms with Crippen molar-refractivity contribution in [1.29, 1.82) is 5.41 Å². The number of nitrogens with one attached hydrogen (secondary N) is 1. The highest BCUT2D eigenvalue weighted by Crippen LogP contribution is 2.30. The largest absolute Gasteiger partial charge is 0.423 e. The molecule has 0 aliphatic heterocycles. The van der Waals surface area contributed by atoms with E-state index in [0.29, 0.717) is 28.0 Å². The van der Waals surface area contributed by atoms with Gasteiger partial charge in [-0.3, -0.25) is 15.2 Å². The number of hydrogen-bond acceptors (Lipinski definition) is 5. The third kappa shape index (κ3) is 4.67. The van der Waals surface area contributed by atoms with Gasteiger partial charge >= 0.3 is 5.97 Å². The van der Waals surface area contributed by atoms with Gasteiger partial charge in [0.05, 0.1) is 12.0 Å². The zero-order valence-corrected chi connectivity index (χ0v) is 17.8. The van der Waals surface area contributed by atoms with Crippen LogP contribution in [0.15, 0.2) is 59.6 Å². The molecular formula is C23H24N6O3. The number of ether oxygens (including phenoxy) is 1. The molecule has 3 rings (SSSR count). The van der Waals surface area contributed by atoms with Crippen LogP contribution >= 0.6 is 0 Å². The lowest BCUT2D eigenvalue weighted by Crippen LogP contribution is -2.33. The van der Waals surface area contributed by atoms with Gasteiger partial charge in [0.2, 0.25) is 5.91 Å². The van der Waals surface area contributed by atoms with Crippen LogP contribution in [0, 0.1) is 5.41 Å². The van der Waals surface area contributed by atoms with Crippen molar-refractivity contribution in [2.45, 2.75) is 6.42 Å². The first kappa shape index (κ1) is 22.3. The quantitative estimate of drug-likeness (QED) is 0.201. The summed E-state index contributed by atoms with van der Waals surface area (Å²) in [6, 6.07) is 15.1. The third-order valence-corrected chi connectivity index (χ3v) is 5.02. The second-order valence-corrected chi connectivity index (χ2v) is 7.11. The number of carbonyl (C=O) groups excluding carboxylic acids is 2. The van der Waals surface area contributed by atoms with Gasteiger partial charge in [-0.1, -0.05) is 18.2 Å². The van der Waals surface area contributed by atoms with Crippen LogP contribution in [0.4, 0.5) is 5.69 Å². The molecule has 0 aliphatic rings. The van der Waals surface area contributed by atoms with Crippen molar-refractivity contribution in [2.24, 2.45) is 22.2 Å². The topological polar surface area (TPSA) is 161 Å². The summed E-state index contributed by atoms with van der Waals surface area (Å²) in [7, 11) is 3.35. The SMILES string of the molecule is CN=C(N)N(C)c1ccc(C(=O)Oc2ccc3cc(C(=N)N)ccc3c2CC(N)=O)cc1. The van der Waals surface area contributed by atoms with Gasteiger partial charge in [-0.25, -0.2) is 4.79 Å². The Morgan fingerprint density at radius 2 is 1.66 bits per heavy atom. The molecule has 9 heteroatoms. The minimum Gasteiger partial charge on any atom is -0.423 e. The Kier molecular flexibility index (Phi) is 6.39. The number of benzene rings is 3. The third-order valence-electron chi connectivity index (χ3n) is 5.02. The van der Waals surface area contributed by atoms with E-state index in [-0.39, 0.29) is 18.0 Å². The van der Waals surface area contributed by atoms with Crippen LogP contribution in [0.2, 0.25) is 0 Å². The molecule has 7 N–H and O–H groups in total. The number of amidine groups is 1. The van der Waals surface area contributed by atoms with Crippen molar-refractivity contribution >= 4 is 40.1 Å². The maximum atomic E-state index is 12.8. The number of primary amides is 1. The second kappa shape index (κ2) is 9.17. The summed E-state index contributed by atoms with van der Waals surface area (Å²) in [6.07, 6.45) is -0.112. The van der Waals surface area contributed by atoms with Crippen molar-refractivity contribution in [3.8, 4) is 5.75 Å². The Bertz CT molecular complexity index is 1230. The number of guanidine groups is 1. The van der Waals surface area contributed by atoms with Gasteiger partial charge in [0.25, 0.3) is 0 Å².